The van der Waals surface area contributed by atoms with E-state index in [2.05, 4.69) is 26.1 Å². The van der Waals surface area contributed by atoms with E-state index < -0.39 is 5.38 Å². The third kappa shape index (κ3) is 6.07. The van der Waals surface area contributed by atoms with Crippen LogP contribution >= 0.6 is 11.6 Å². The van der Waals surface area contributed by atoms with Crippen LogP contribution in [0.2, 0.25) is 0 Å². The molecule has 6 nitrogen and oxygen atoms in total. The third-order valence-corrected chi connectivity index (χ3v) is 4.69. The van der Waals surface area contributed by atoms with Crippen LogP contribution in [0.1, 0.15) is 52.3 Å². The predicted molar refractivity (Wildman–Crippen MR) is 118 cm³/mol. The maximum Gasteiger partial charge on any atom is 0.245 e. The number of hydrogen-bond acceptors (Lipinski definition) is 3. The smallest absolute Gasteiger partial charge is 0.245 e. The van der Waals surface area contributed by atoms with Crippen LogP contribution in [0, 0.1) is 6.92 Å². The number of hydrogen-bond donors (Lipinski definition) is 1. The number of halogens is 1. The van der Waals surface area contributed by atoms with Gasteiger partial charge >= 0.3 is 0 Å². The molecule has 1 N–H and O–H groups in total. The SMILES string of the molecule is CCCN(CC(=O)Nc1cc(C(C)(C)C)nn1-c1ccc(C)cc1)C(=O)C(C)Cl. The number of aromatic nitrogens is 2. The predicted octanol–water partition coefficient (Wildman–Crippen LogP) is 4.28. The number of aryl methyl sites for hydroxylation is 1. The molecule has 1 aromatic carbocycles. The van der Waals surface area contributed by atoms with Crippen LogP contribution in [0.15, 0.2) is 30.3 Å². The Morgan fingerprint density at radius 3 is 2.38 bits per heavy atom. The average Bonchev–Trinajstić information content (AvgIpc) is 3.05. The zero-order valence-corrected chi connectivity index (χ0v) is 18.9. The van der Waals surface area contributed by atoms with Gasteiger partial charge in [-0.1, -0.05) is 45.4 Å². The van der Waals surface area contributed by atoms with Crippen molar-refractivity contribution in [2.75, 3.05) is 18.4 Å². The Labute approximate surface area is 178 Å². The van der Waals surface area contributed by atoms with Crippen LogP contribution in [0.3, 0.4) is 0 Å². The second kappa shape index (κ2) is 9.44. The van der Waals surface area contributed by atoms with Gasteiger partial charge in [-0.25, -0.2) is 4.68 Å². The van der Waals surface area contributed by atoms with E-state index in [0.717, 1.165) is 23.4 Å². The maximum atomic E-state index is 12.7. The van der Waals surface area contributed by atoms with Gasteiger partial charge in [0.2, 0.25) is 11.8 Å². The van der Waals surface area contributed by atoms with E-state index in [1.165, 1.54) is 4.90 Å². The maximum absolute atomic E-state index is 12.7. The van der Waals surface area contributed by atoms with E-state index in [1.54, 1.807) is 11.6 Å². The van der Waals surface area contributed by atoms with Gasteiger partial charge in [0, 0.05) is 18.0 Å². The molecule has 2 amide bonds. The zero-order valence-electron chi connectivity index (χ0n) is 18.1. The molecule has 0 aliphatic rings. The molecular weight excluding hydrogens is 388 g/mol. The van der Waals surface area contributed by atoms with E-state index in [9.17, 15) is 9.59 Å². The fourth-order valence-electron chi connectivity index (χ4n) is 2.86. The van der Waals surface area contributed by atoms with Gasteiger partial charge in [0.25, 0.3) is 0 Å². The highest BCUT2D eigenvalue weighted by Gasteiger charge is 2.24. The van der Waals surface area contributed by atoms with E-state index in [0.29, 0.717) is 12.4 Å². The van der Waals surface area contributed by atoms with Gasteiger partial charge < -0.3 is 10.2 Å². The standard InChI is InChI=1S/C22H31ClN4O2/c1-7-12-26(21(29)16(3)23)14-20(28)24-19-13-18(22(4,5)6)25-27(19)17-10-8-15(2)9-11-17/h8-11,13,16H,7,12,14H2,1-6H3,(H,24,28). The fraction of sp³-hybridized carbons (Fsp3) is 0.500. The Bertz CT molecular complexity index is 851. The molecular formula is C22H31ClN4O2. The first-order valence-electron chi connectivity index (χ1n) is 9.93. The minimum absolute atomic E-state index is 0.0480. The monoisotopic (exact) mass is 418 g/mol. The minimum Gasteiger partial charge on any atom is -0.332 e. The van der Waals surface area contributed by atoms with Gasteiger partial charge in [-0.3, -0.25) is 9.59 Å². The highest BCUT2D eigenvalue weighted by Crippen LogP contribution is 2.26. The largest absolute Gasteiger partial charge is 0.332 e. The average molecular weight is 419 g/mol. The highest BCUT2D eigenvalue weighted by molar-refractivity contribution is 6.30. The summed E-state index contributed by atoms with van der Waals surface area (Å²) >= 11 is 5.94. The minimum atomic E-state index is -0.667. The van der Waals surface area contributed by atoms with Crippen molar-refractivity contribution in [3.63, 3.8) is 0 Å². The van der Waals surface area contributed by atoms with E-state index in [-0.39, 0.29) is 23.8 Å². The molecule has 0 radical (unpaired) electrons. The zero-order chi connectivity index (χ0) is 21.8. The molecule has 1 unspecified atom stereocenters. The molecule has 0 fully saturated rings. The summed E-state index contributed by atoms with van der Waals surface area (Å²) in [4.78, 5) is 26.5. The number of alkyl halides is 1. The molecule has 0 aliphatic heterocycles. The summed E-state index contributed by atoms with van der Waals surface area (Å²) in [5.41, 5.74) is 2.70. The number of anilines is 1. The van der Waals surface area contributed by atoms with E-state index in [1.807, 2.05) is 44.2 Å². The van der Waals surface area contributed by atoms with Gasteiger partial charge in [-0.15, -0.1) is 11.6 Å². The second-order valence-corrected chi connectivity index (χ2v) is 8.99. The number of rotatable bonds is 7. The summed E-state index contributed by atoms with van der Waals surface area (Å²) in [7, 11) is 0. The van der Waals surface area contributed by atoms with Gasteiger partial charge in [-0.2, -0.15) is 5.10 Å². The Kier molecular flexibility index (Phi) is 7.47. The van der Waals surface area contributed by atoms with Crippen molar-refractivity contribution in [1.29, 1.82) is 0 Å². The first-order chi connectivity index (χ1) is 13.5. The number of benzene rings is 1. The van der Waals surface area contributed by atoms with Gasteiger partial charge in [0.15, 0.2) is 0 Å². The van der Waals surface area contributed by atoms with Crippen LogP contribution in [-0.4, -0.2) is 45.0 Å². The lowest BCUT2D eigenvalue weighted by Gasteiger charge is -2.22. The number of carbonyl (C=O) groups is 2. The third-order valence-electron chi connectivity index (χ3n) is 4.50. The summed E-state index contributed by atoms with van der Waals surface area (Å²) in [6.07, 6.45) is 0.748. The highest BCUT2D eigenvalue weighted by atomic mass is 35.5. The first kappa shape index (κ1) is 22.9. The summed E-state index contributed by atoms with van der Waals surface area (Å²) in [5, 5.41) is 6.97. The Morgan fingerprint density at radius 2 is 1.86 bits per heavy atom. The van der Waals surface area contributed by atoms with Crippen molar-refractivity contribution >= 4 is 29.2 Å². The summed E-state index contributed by atoms with van der Waals surface area (Å²) in [6.45, 7) is 12.2. The molecule has 0 spiro atoms. The summed E-state index contributed by atoms with van der Waals surface area (Å²) in [5.74, 6) is 0.0514. The molecule has 7 heteroatoms. The topological polar surface area (TPSA) is 67.2 Å². The lowest BCUT2D eigenvalue weighted by atomic mass is 9.92. The Hall–Kier alpha value is -2.34. The second-order valence-electron chi connectivity index (χ2n) is 8.34. The van der Waals surface area contributed by atoms with Gasteiger partial charge in [0.1, 0.15) is 11.2 Å². The molecule has 2 rings (SSSR count). The van der Waals surface area contributed by atoms with Crippen molar-refractivity contribution < 1.29 is 9.59 Å². The lowest BCUT2D eigenvalue weighted by Crippen LogP contribution is -2.41. The number of nitrogens with one attached hydrogen (secondary N) is 1. The van der Waals surface area contributed by atoms with Crippen molar-refractivity contribution in [2.24, 2.45) is 0 Å². The molecule has 0 saturated carbocycles. The van der Waals surface area contributed by atoms with Gasteiger partial charge in [0.05, 0.1) is 17.9 Å². The van der Waals surface area contributed by atoms with Crippen LogP contribution < -0.4 is 5.32 Å². The molecule has 2 aromatic rings. The van der Waals surface area contributed by atoms with Crippen molar-refractivity contribution in [3.05, 3.63) is 41.6 Å². The van der Waals surface area contributed by atoms with Gasteiger partial charge in [-0.05, 0) is 32.4 Å². The molecule has 1 atom stereocenters. The molecule has 1 aromatic heterocycles. The molecule has 0 saturated heterocycles. The Balaban J connectivity index is 2.30. The van der Waals surface area contributed by atoms with Crippen LogP contribution in [0.4, 0.5) is 5.82 Å². The Morgan fingerprint density at radius 1 is 1.24 bits per heavy atom. The van der Waals surface area contributed by atoms with E-state index >= 15 is 0 Å². The van der Waals surface area contributed by atoms with Crippen molar-refractivity contribution in [2.45, 2.75) is 58.8 Å². The summed E-state index contributed by atoms with van der Waals surface area (Å²) < 4.78 is 1.73. The number of carbonyl (C=O) groups excluding carboxylic acids is 2. The first-order valence-corrected chi connectivity index (χ1v) is 10.4. The molecule has 0 bridgehead atoms. The molecule has 0 aliphatic carbocycles. The summed E-state index contributed by atoms with van der Waals surface area (Å²) in [6, 6.07) is 9.82. The molecule has 158 valence electrons. The van der Waals surface area contributed by atoms with Crippen LogP contribution in [-0.2, 0) is 15.0 Å². The van der Waals surface area contributed by atoms with E-state index in [4.69, 9.17) is 16.7 Å². The molecule has 29 heavy (non-hydrogen) atoms. The van der Waals surface area contributed by atoms with Crippen LogP contribution in [0.5, 0.6) is 0 Å². The normalized spacial score (nSPS) is 12.5. The molecule has 1 heterocycles. The fourth-order valence-corrected chi connectivity index (χ4v) is 3.00. The van der Waals surface area contributed by atoms with Crippen molar-refractivity contribution in [3.8, 4) is 5.69 Å². The lowest BCUT2D eigenvalue weighted by molar-refractivity contribution is -0.134. The van der Waals surface area contributed by atoms with Crippen LogP contribution in [0.25, 0.3) is 5.69 Å². The van der Waals surface area contributed by atoms with Crippen molar-refractivity contribution in [1.82, 2.24) is 14.7 Å². The number of amides is 2. The number of nitrogens with zero attached hydrogens (tertiary/aromatic N) is 3. The quantitative estimate of drug-likeness (QED) is 0.682.